The fourth-order valence-corrected chi connectivity index (χ4v) is 23.2. The molecule has 6 aliphatic rings. The zero-order valence-electron chi connectivity index (χ0n) is 80.1. The van der Waals surface area contributed by atoms with E-state index < -0.39 is 0 Å². The normalized spacial score (nSPS) is 14.4. The van der Waals surface area contributed by atoms with Crippen LogP contribution in [0.15, 0.2) is 253 Å². The first-order valence-electron chi connectivity index (χ1n) is 48.0. The third-order valence-electron chi connectivity index (χ3n) is 24.8. The van der Waals surface area contributed by atoms with E-state index in [1.807, 2.05) is 133 Å². The van der Waals surface area contributed by atoms with E-state index in [9.17, 15) is 24.0 Å². The van der Waals surface area contributed by atoms with Crippen molar-refractivity contribution in [1.82, 2.24) is 102 Å². The topological polar surface area (TPSA) is 451 Å². The van der Waals surface area contributed by atoms with E-state index in [2.05, 4.69) is 202 Å². The Morgan fingerprint density at radius 3 is 1.19 bits per heavy atom. The number of thiophene rings is 2. The number of hydrogen-bond donors (Lipinski definition) is 10. The molecular formula is C104H96N30O8S7. The Hall–Kier alpha value is -15.9. The number of hydrogen-bond acceptors (Lipinski definition) is 40. The summed E-state index contributed by atoms with van der Waals surface area (Å²) in [7, 11) is 1.66. The summed E-state index contributed by atoms with van der Waals surface area (Å²) < 4.78 is 17.7. The maximum Gasteiger partial charge on any atom is 0.286 e. The van der Waals surface area contributed by atoms with Crippen molar-refractivity contribution in [3.63, 3.8) is 0 Å². The molecule has 5 fully saturated rings. The van der Waals surface area contributed by atoms with Crippen LogP contribution >= 0.6 is 79.4 Å². The van der Waals surface area contributed by atoms with E-state index in [0.29, 0.717) is 64.2 Å². The molecule has 0 atom stereocenters. The lowest BCUT2D eigenvalue weighted by Gasteiger charge is -2.30. The number of benzene rings is 5. The Bertz CT molecular complexity index is 7560. The summed E-state index contributed by atoms with van der Waals surface area (Å²) >= 11 is 9.65. The molecule has 0 radical (unpaired) electrons. The second-order valence-electron chi connectivity index (χ2n) is 34.4. The molecule has 0 unspecified atom stereocenters. The molecule has 0 spiro atoms. The van der Waals surface area contributed by atoms with E-state index in [-0.39, 0.29) is 34.5 Å². The number of amides is 5. The molecule has 5 aromatic carbocycles. The molecule has 149 heavy (non-hydrogen) atoms. The molecule has 0 bridgehead atoms. The maximum atomic E-state index is 12.9. The highest BCUT2D eigenvalue weighted by Gasteiger charge is 2.29. The minimum absolute atomic E-state index is 0.265. The third-order valence-corrected chi connectivity index (χ3v) is 32.1. The average molecular weight is 2120 g/mol. The quantitative estimate of drug-likeness (QED) is 0.0301. The van der Waals surface area contributed by atoms with Gasteiger partial charge in [-0.1, -0.05) is 129 Å². The summed E-state index contributed by atoms with van der Waals surface area (Å²) in [6.45, 7) is 18.0. The number of pyridine rings is 5. The number of anilines is 10. The van der Waals surface area contributed by atoms with Gasteiger partial charge in [-0.05, 0) is 137 Å². The Morgan fingerprint density at radius 1 is 0.329 bits per heavy atom. The van der Waals surface area contributed by atoms with Gasteiger partial charge in [0.15, 0.2) is 20.8 Å². The van der Waals surface area contributed by atoms with Gasteiger partial charge in [-0.25, -0.2) is 0 Å². The minimum atomic E-state index is -0.311. The van der Waals surface area contributed by atoms with Crippen molar-refractivity contribution in [2.45, 2.75) is 6.42 Å². The molecular weight excluding hydrogens is 2020 g/mol. The van der Waals surface area contributed by atoms with Gasteiger partial charge in [0.1, 0.15) is 26.9 Å². The zero-order valence-corrected chi connectivity index (χ0v) is 85.8. The average Bonchev–Trinajstić information content (AvgIpc) is 1.66. The largest absolute Gasteiger partial charge is 0.497 e. The zero-order chi connectivity index (χ0) is 101. The highest BCUT2D eigenvalue weighted by molar-refractivity contribution is 7.26. The van der Waals surface area contributed by atoms with Gasteiger partial charge in [-0.3, -0.25) is 48.9 Å². The first-order valence-corrected chi connectivity index (χ1v) is 53.8. The molecule has 19 heterocycles. The van der Waals surface area contributed by atoms with Crippen LogP contribution in [0, 0.1) is 0 Å². The summed E-state index contributed by atoms with van der Waals surface area (Å²) in [6, 6.07) is 57.6. The van der Waals surface area contributed by atoms with Crippen LogP contribution in [0.3, 0.4) is 0 Å². The van der Waals surface area contributed by atoms with Crippen LogP contribution in [0.4, 0.5) is 56.9 Å². The minimum Gasteiger partial charge on any atom is -0.497 e. The van der Waals surface area contributed by atoms with E-state index >= 15 is 0 Å². The van der Waals surface area contributed by atoms with Crippen LogP contribution < -0.4 is 82.4 Å². The Kier molecular flexibility index (Phi) is 31.4. The Morgan fingerprint density at radius 2 is 0.725 bits per heavy atom. The summed E-state index contributed by atoms with van der Waals surface area (Å²) in [5.74, 6) is 0.0193. The molecule has 5 amide bonds. The monoisotopic (exact) mass is 2120 g/mol. The second kappa shape index (κ2) is 47.3. The number of ether oxygens (including phenoxy) is 1. The smallest absolute Gasteiger partial charge is 0.286 e. The number of carbonyl (C=O) groups excluding carboxylic acids is 5. The third kappa shape index (κ3) is 24.0. The van der Waals surface area contributed by atoms with E-state index in [0.717, 1.165) is 240 Å². The van der Waals surface area contributed by atoms with Gasteiger partial charge >= 0.3 is 0 Å². The number of rotatable bonds is 22. The number of para-hydroxylation sites is 1. The van der Waals surface area contributed by atoms with Crippen molar-refractivity contribution >= 4 is 209 Å². The fourth-order valence-electron chi connectivity index (χ4n) is 17.4. The number of aromatic nitrogens is 15. The lowest BCUT2D eigenvalue weighted by atomic mass is 10.1. The van der Waals surface area contributed by atoms with Crippen molar-refractivity contribution < 1.29 is 37.5 Å². The first kappa shape index (κ1) is 99.1. The summed E-state index contributed by atoms with van der Waals surface area (Å²) in [5, 5.41) is 81.3. The number of methoxy groups -OCH3 is 1. The van der Waals surface area contributed by atoms with Crippen molar-refractivity contribution in [2.75, 3.05) is 189 Å². The number of nitrogens with zero attached hydrogens (tertiary/aromatic N) is 20. The maximum absolute atomic E-state index is 12.9. The number of allylic oxidation sites excluding steroid dienone is 1. The summed E-state index contributed by atoms with van der Waals surface area (Å²) in [6.07, 6.45) is 21.6. The van der Waals surface area contributed by atoms with Gasteiger partial charge in [0.05, 0.1) is 111 Å². The number of piperazine rings is 5. The fraction of sp³-hybridized carbons (Fsp3) is 0.212. The van der Waals surface area contributed by atoms with Crippen LogP contribution in [0.5, 0.6) is 5.75 Å². The van der Waals surface area contributed by atoms with E-state index in [4.69, 9.17) is 13.6 Å². The number of nitrogens with one attached hydrogen (secondary N) is 10. The summed E-state index contributed by atoms with van der Waals surface area (Å²) in [4.78, 5) is 99.4. The van der Waals surface area contributed by atoms with Gasteiger partial charge in [-0.15, -0.1) is 73.7 Å². The number of furan rings is 2. The SMILES string of the molecule is COc1ccc2c(c1)C=C(c1nnc(C(=O)Nc3cnccc3N3CCNCC3)s1)C2.O=C(Nc1cnccc1N1CCNCC1)c1nnc(-c2cc3ccccc3o2)s1.O=C(Nc1cnccc1N1CCNCC1)c1nnc(-c2cc3ccccc3s2)s1.O=C(Nc1cnccc1N1CCNCC1)c1nnc(-c2ccc(-c3ccccc3)s2)s1.O=C(Nc1cnccc1N1CCNCC1)c1nnc(-c2ccc3occc3c2)s1. The molecule has 0 saturated carbocycles. The predicted molar refractivity (Wildman–Crippen MR) is 590 cm³/mol. The highest BCUT2D eigenvalue weighted by atomic mass is 32.1. The molecule has 1 aliphatic carbocycles. The predicted octanol–water partition coefficient (Wildman–Crippen LogP) is 16.2. The molecule has 45 heteroatoms. The van der Waals surface area contributed by atoms with Gasteiger partial charge in [-0.2, -0.15) is 0 Å². The molecule has 19 aromatic rings. The molecule has 5 saturated heterocycles. The molecule has 14 aromatic heterocycles. The van der Waals surface area contributed by atoms with Crippen LogP contribution in [-0.2, 0) is 6.42 Å². The molecule has 752 valence electrons. The van der Waals surface area contributed by atoms with Gasteiger partial charge in [0, 0.05) is 194 Å². The van der Waals surface area contributed by atoms with Crippen LogP contribution in [0.25, 0.3) is 95.2 Å². The van der Waals surface area contributed by atoms with Crippen LogP contribution in [0.1, 0.15) is 65.1 Å². The van der Waals surface area contributed by atoms with Crippen molar-refractivity contribution in [3.8, 4) is 57.3 Å². The standard InChI is InChI=1S/C22H22N6O2S.C22H20N6OS2.2C20H18N6O2S.C20H18N6OS2/c1-30-17-3-2-14-10-16(11-15(14)12-17)21-26-27-22(31-21)20(29)25-18-13-24-5-4-19(18)28-8-6-23-7-9-28;29-20(25-16-14-24-9-8-17(16)28-12-10-23-11-13-28)22-27-26-21(31-22)19-7-6-18(30-19)15-4-2-1-3-5-15;27-18(23-15-12-22-5-3-16(15)26-8-6-21-7-9-26)20-25-24-19(29-20)14-1-2-17-13(11-14)4-10-28-17;2*27-18(23-14-12-22-6-5-15(14)26-9-7-21-8-10-26)20-25-24-19(29-20)17-11-13-3-1-2-4-16(13)28-17/h2-5,11-13,23H,6-10H2,1H3,(H,25,29);1-9,14,23H,10-13H2,(H,25,29);1-5,10-12,21H,6-9H2,(H,23,27);2*1-6,11-12,21H,7-10H2,(H,23,27). The lowest BCUT2D eigenvalue weighted by molar-refractivity contribution is 0.101. The molecule has 38 nitrogen and oxygen atoms in total. The summed E-state index contributed by atoms with van der Waals surface area (Å²) in [5.41, 5.74) is 15.3. The van der Waals surface area contributed by atoms with Gasteiger partial charge < -0.3 is 91.2 Å². The molecule has 5 aliphatic heterocycles. The van der Waals surface area contributed by atoms with Crippen molar-refractivity contribution in [2.24, 2.45) is 0 Å². The molecule has 10 N–H and O–H groups in total. The number of fused-ring (bicyclic) bond motifs is 4. The highest BCUT2D eigenvalue weighted by Crippen LogP contribution is 2.42. The molecule has 25 rings (SSSR count). The van der Waals surface area contributed by atoms with E-state index in [1.54, 1.807) is 98.0 Å². The van der Waals surface area contributed by atoms with Crippen molar-refractivity contribution in [1.29, 1.82) is 0 Å². The lowest BCUT2D eigenvalue weighted by Crippen LogP contribution is -2.43. The van der Waals surface area contributed by atoms with Crippen LogP contribution in [-0.4, -0.2) is 243 Å². The van der Waals surface area contributed by atoms with Crippen molar-refractivity contribution in [3.05, 3.63) is 285 Å². The Labute approximate surface area is 881 Å². The second-order valence-corrected chi connectivity index (χ2v) is 41.4. The van der Waals surface area contributed by atoms with Gasteiger partial charge in [0.2, 0.25) is 25.0 Å². The first-order chi connectivity index (χ1) is 73.3. The van der Waals surface area contributed by atoms with Crippen LogP contribution in [0.2, 0.25) is 0 Å². The number of carbonyl (C=O) groups is 5. The Balaban J connectivity index is 0.000000109. The van der Waals surface area contributed by atoms with Gasteiger partial charge in [0.25, 0.3) is 29.5 Å². The van der Waals surface area contributed by atoms with E-state index in [1.165, 1.54) is 77.9 Å².